The van der Waals surface area contributed by atoms with Crippen LogP contribution in [0.3, 0.4) is 0 Å². The van der Waals surface area contributed by atoms with Crippen molar-refractivity contribution < 1.29 is 80.2 Å². The maximum atomic E-state index is 13.1. The lowest BCUT2D eigenvalue weighted by molar-refractivity contribution is -0.161. The number of phosphoric acid groups is 2. The molecule has 5 atom stereocenters. The molecule has 0 radical (unpaired) electrons. The van der Waals surface area contributed by atoms with Gasteiger partial charge in [0.05, 0.1) is 26.4 Å². The van der Waals surface area contributed by atoms with Gasteiger partial charge in [-0.15, -0.1) is 0 Å². The molecule has 2 unspecified atom stereocenters. The van der Waals surface area contributed by atoms with Gasteiger partial charge < -0.3 is 33.8 Å². The number of unbranched alkanes of at least 4 members (excludes halogenated alkanes) is 48. The quantitative estimate of drug-likeness (QED) is 0.0169. The molecule has 19 heteroatoms. The van der Waals surface area contributed by atoms with Crippen molar-refractivity contribution in [3.8, 4) is 0 Å². The van der Waals surface area contributed by atoms with E-state index in [9.17, 15) is 43.2 Å². The number of phosphoric ester groups is 2. The average molecular weight is 1420 g/mol. The van der Waals surface area contributed by atoms with Crippen molar-refractivity contribution in [3.63, 3.8) is 0 Å². The number of allylic oxidation sites excluding steroid dienone is 4. The van der Waals surface area contributed by atoms with Crippen LogP contribution in [0.4, 0.5) is 0 Å². The fourth-order valence-corrected chi connectivity index (χ4v) is 13.1. The van der Waals surface area contributed by atoms with Gasteiger partial charge in [0.1, 0.15) is 19.3 Å². The molecule has 0 aliphatic heterocycles. The topological polar surface area (TPSA) is 237 Å². The molecule has 3 N–H and O–H groups in total. The molecule has 97 heavy (non-hydrogen) atoms. The van der Waals surface area contributed by atoms with Gasteiger partial charge in [0.15, 0.2) is 12.2 Å². The molecule has 0 aliphatic carbocycles. The summed E-state index contributed by atoms with van der Waals surface area (Å²) in [4.78, 5) is 72.6. The van der Waals surface area contributed by atoms with E-state index in [-0.39, 0.29) is 25.7 Å². The highest BCUT2D eigenvalue weighted by molar-refractivity contribution is 7.47. The van der Waals surface area contributed by atoms with Crippen LogP contribution in [0.25, 0.3) is 0 Å². The normalized spacial score (nSPS) is 14.0. The van der Waals surface area contributed by atoms with E-state index >= 15 is 0 Å². The van der Waals surface area contributed by atoms with E-state index < -0.39 is 97.5 Å². The van der Waals surface area contributed by atoms with Crippen LogP contribution >= 0.6 is 15.6 Å². The molecule has 17 nitrogen and oxygen atoms in total. The maximum absolute atomic E-state index is 13.1. The Morgan fingerprint density at radius 2 is 0.495 bits per heavy atom. The molecule has 0 aromatic heterocycles. The van der Waals surface area contributed by atoms with Crippen LogP contribution in [0.1, 0.15) is 394 Å². The number of hydrogen-bond donors (Lipinski definition) is 3. The molecular weight excluding hydrogens is 1270 g/mol. The zero-order valence-electron chi connectivity index (χ0n) is 62.5. The number of carbonyl (C=O) groups is 4. The Bertz CT molecular complexity index is 1940. The van der Waals surface area contributed by atoms with Gasteiger partial charge in [0, 0.05) is 25.7 Å². The van der Waals surface area contributed by atoms with Crippen LogP contribution in [0.5, 0.6) is 0 Å². The molecule has 0 saturated heterocycles. The highest BCUT2D eigenvalue weighted by atomic mass is 31.2. The van der Waals surface area contributed by atoms with Gasteiger partial charge in [0.25, 0.3) is 0 Å². The first-order valence-electron chi connectivity index (χ1n) is 40.1. The Morgan fingerprint density at radius 3 is 0.753 bits per heavy atom. The van der Waals surface area contributed by atoms with Gasteiger partial charge in [-0.1, -0.05) is 341 Å². The molecule has 0 aromatic rings. The number of aliphatic hydroxyl groups excluding tert-OH is 1. The van der Waals surface area contributed by atoms with E-state index in [1.165, 1.54) is 199 Å². The maximum Gasteiger partial charge on any atom is 0.472 e. The fourth-order valence-electron chi connectivity index (χ4n) is 11.6. The van der Waals surface area contributed by atoms with Crippen molar-refractivity contribution in [2.75, 3.05) is 39.6 Å². The third-order valence-electron chi connectivity index (χ3n) is 17.7. The monoisotopic (exact) mass is 1420 g/mol. The first kappa shape index (κ1) is 94.5. The van der Waals surface area contributed by atoms with Gasteiger partial charge in [-0.2, -0.15) is 0 Å². The van der Waals surface area contributed by atoms with Gasteiger partial charge in [-0.3, -0.25) is 37.3 Å². The Morgan fingerprint density at radius 1 is 0.289 bits per heavy atom. The van der Waals surface area contributed by atoms with Crippen molar-refractivity contribution in [1.82, 2.24) is 0 Å². The lowest BCUT2D eigenvalue weighted by Crippen LogP contribution is -2.30. The van der Waals surface area contributed by atoms with E-state index in [4.69, 9.17) is 37.0 Å². The number of ether oxygens (including phenoxy) is 4. The van der Waals surface area contributed by atoms with Gasteiger partial charge in [-0.25, -0.2) is 9.13 Å². The predicted molar refractivity (Wildman–Crippen MR) is 395 cm³/mol. The van der Waals surface area contributed by atoms with Crippen LogP contribution in [0.2, 0.25) is 0 Å². The lowest BCUT2D eigenvalue weighted by atomic mass is 10.0. The Kier molecular flexibility index (Phi) is 70.1. The molecular formula is C78H148O17P2. The lowest BCUT2D eigenvalue weighted by Gasteiger charge is -2.21. The average Bonchev–Trinajstić information content (AvgIpc) is 1.45. The van der Waals surface area contributed by atoms with Crippen molar-refractivity contribution in [1.29, 1.82) is 0 Å². The second-order valence-corrected chi connectivity index (χ2v) is 30.3. The highest BCUT2D eigenvalue weighted by Crippen LogP contribution is 2.45. The summed E-state index contributed by atoms with van der Waals surface area (Å²) in [6.45, 7) is 4.84. The molecule has 0 aliphatic rings. The molecule has 0 saturated carbocycles. The van der Waals surface area contributed by atoms with E-state index in [2.05, 4.69) is 52.0 Å². The van der Waals surface area contributed by atoms with Crippen LogP contribution < -0.4 is 0 Å². The summed E-state index contributed by atoms with van der Waals surface area (Å²) in [6.07, 6.45) is 66.6. The molecule has 0 spiro atoms. The van der Waals surface area contributed by atoms with Gasteiger partial charge >= 0.3 is 39.5 Å². The Hall–Kier alpha value is -2.46. The van der Waals surface area contributed by atoms with Crippen molar-refractivity contribution in [2.24, 2.45) is 0 Å². The molecule has 0 amide bonds. The Labute approximate surface area is 592 Å². The number of aliphatic hydroxyl groups is 1. The Balaban J connectivity index is 5.13. The van der Waals surface area contributed by atoms with Crippen LogP contribution in [-0.2, 0) is 65.4 Å². The zero-order valence-corrected chi connectivity index (χ0v) is 64.3. The van der Waals surface area contributed by atoms with E-state index in [0.29, 0.717) is 25.7 Å². The molecule has 0 heterocycles. The van der Waals surface area contributed by atoms with Gasteiger partial charge in [-0.05, 0) is 51.4 Å². The highest BCUT2D eigenvalue weighted by Gasteiger charge is 2.30. The molecule has 0 fully saturated rings. The van der Waals surface area contributed by atoms with E-state index in [1.807, 2.05) is 0 Å². The minimum atomic E-state index is -4.96. The van der Waals surface area contributed by atoms with Crippen LogP contribution in [0, 0.1) is 0 Å². The summed E-state index contributed by atoms with van der Waals surface area (Å²) < 4.78 is 68.3. The van der Waals surface area contributed by atoms with Crippen molar-refractivity contribution in [3.05, 3.63) is 24.3 Å². The molecule has 572 valence electrons. The van der Waals surface area contributed by atoms with Crippen LogP contribution in [0.15, 0.2) is 24.3 Å². The van der Waals surface area contributed by atoms with Crippen LogP contribution in [-0.4, -0.2) is 96.7 Å². The van der Waals surface area contributed by atoms with Crippen molar-refractivity contribution >= 4 is 39.5 Å². The third kappa shape index (κ3) is 71.7. The number of carbonyl (C=O) groups excluding carboxylic acids is 4. The summed E-state index contributed by atoms with van der Waals surface area (Å²) in [7, 11) is -9.91. The molecule has 0 aromatic carbocycles. The molecule has 0 rings (SSSR count). The number of esters is 4. The third-order valence-corrected chi connectivity index (χ3v) is 19.6. The minimum Gasteiger partial charge on any atom is -0.462 e. The summed E-state index contributed by atoms with van der Waals surface area (Å²) in [6, 6.07) is 0. The number of rotatable bonds is 77. The largest absolute Gasteiger partial charge is 0.472 e. The number of hydrogen-bond acceptors (Lipinski definition) is 15. The first-order valence-corrected chi connectivity index (χ1v) is 43.1. The molecule has 0 bridgehead atoms. The summed E-state index contributed by atoms with van der Waals surface area (Å²) in [5.74, 6) is -2.15. The SMILES string of the molecule is CCCCCC/C=C\C=C/CCCCCCCC(=O)OC[C@H](COP(=O)(O)OC[C@@H](O)COP(=O)(O)OC[C@@H](COC(=O)CCCCCCC)OC(=O)CCCCCCCCCCCCCCCCC)OC(=O)CCCCCCCCCCCCCCCCCCCCCCCC. The van der Waals surface area contributed by atoms with Gasteiger partial charge in [0.2, 0.25) is 0 Å². The summed E-state index contributed by atoms with van der Waals surface area (Å²) in [5, 5.41) is 10.6. The second-order valence-electron chi connectivity index (χ2n) is 27.4. The summed E-state index contributed by atoms with van der Waals surface area (Å²) in [5.41, 5.74) is 0. The predicted octanol–water partition coefficient (Wildman–Crippen LogP) is 23.0. The second kappa shape index (κ2) is 71.9. The van der Waals surface area contributed by atoms with E-state index in [0.717, 1.165) is 116 Å². The minimum absolute atomic E-state index is 0.102. The smallest absolute Gasteiger partial charge is 0.462 e. The van der Waals surface area contributed by atoms with E-state index in [1.54, 1.807) is 0 Å². The fraction of sp³-hybridized carbons (Fsp3) is 0.897. The van der Waals surface area contributed by atoms with Crippen molar-refractivity contribution in [2.45, 2.75) is 412 Å². The standard InChI is InChI=1S/C78H148O17P2/c1-5-9-13-17-20-23-26-29-32-33-34-35-36-37-38-41-44-47-50-53-57-61-65-78(83)95-74(69-89-76(81)63-59-55-51-48-45-42-39-30-27-24-21-18-14-10-6-2)71-93-97(86,87)91-67-72(79)66-90-96(84,85)92-70-73(68-88-75(80)62-58-54-16-12-8-4)94-77(82)64-60-56-52-49-46-43-40-31-28-25-22-19-15-11-7-3/h24,27,30,39,72-74,79H,5-23,25-26,28-29,31-38,40-71H2,1-4H3,(H,84,85)(H,86,87)/b27-24-,39-30-/t72-,73+,74+/m0/s1. The zero-order chi connectivity index (χ0) is 71.1. The summed E-state index contributed by atoms with van der Waals surface area (Å²) >= 11 is 0. The first-order chi connectivity index (χ1) is 47.2.